The summed E-state index contributed by atoms with van der Waals surface area (Å²) < 4.78 is 0. The minimum Gasteiger partial charge on any atom is -0.481 e. The number of hydrogen-bond donors (Lipinski definition) is 4. The fourth-order valence-corrected chi connectivity index (χ4v) is 1.56. The lowest BCUT2D eigenvalue weighted by Crippen LogP contribution is -2.50. The maximum absolute atomic E-state index is 11.8. The molecule has 23 heavy (non-hydrogen) atoms. The molecule has 11 nitrogen and oxygen atoms in total. The van der Waals surface area contributed by atoms with Gasteiger partial charge >= 0.3 is 11.9 Å². The summed E-state index contributed by atoms with van der Waals surface area (Å²) in [5.41, 5.74) is 8.08. The molecule has 0 aliphatic carbocycles. The number of rotatable bonds is 11. The summed E-state index contributed by atoms with van der Waals surface area (Å²) in [7, 11) is 0. The molecule has 0 rings (SSSR count). The van der Waals surface area contributed by atoms with Gasteiger partial charge in [-0.1, -0.05) is 5.11 Å². The lowest BCUT2D eigenvalue weighted by molar-refractivity contribution is -0.143. The predicted molar refractivity (Wildman–Crippen MR) is 77.3 cm³/mol. The van der Waals surface area contributed by atoms with E-state index in [9.17, 15) is 19.2 Å². The van der Waals surface area contributed by atoms with Gasteiger partial charge in [-0.25, -0.2) is 4.79 Å². The van der Waals surface area contributed by atoms with E-state index in [0.29, 0.717) is 6.42 Å². The van der Waals surface area contributed by atoms with Gasteiger partial charge in [0.15, 0.2) is 0 Å². The van der Waals surface area contributed by atoms with Crippen molar-refractivity contribution in [3.63, 3.8) is 0 Å². The van der Waals surface area contributed by atoms with Crippen LogP contribution in [-0.2, 0) is 19.2 Å². The van der Waals surface area contributed by atoms with Gasteiger partial charge in [0.1, 0.15) is 12.1 Å². The number of nitrogens with one attached hydrogen (secondary N) is 2. The van der Waals surface area contributed by atoms with Crippen molar-refractivity contribution in [3.8, 4) is 0 Å². The van der Waals surface area contributed by atoms with E-state index in [1.165, 1.54) is 6.92 Å². The molecule has 2 unspecified atom stereocenters. The third-order valence-corrected chi connectivity index (χ3v) is 2.76. The third kappa shape index (κ3) is 9.69. The highest BCUT2D eigenvalue weighted by atomic mass is 16.4. The molecule has 2 amide bonds. The highest BCUT2D eigenvalue weighted by Crippen LogP contribution is 1.99. The molecule has 128 valence electrons. The Bertz CT molecular complexity index is 502. The van der Waals surface area contributed by atoms with Gasteiger partial charge in [0, 0.05) is 24.3 Å². The topological polar surface area (TPSA) is 182 Å². The number of carboxylic acid groups (broad SMARTS) is 2. The highest BCUT2D eigenvalue weighted by molar-refractivity contribution is 5.90. The molecule has 11 heteroatoms. The van der Waals surface area contributed by atoms with Crippen molar-refractivity contribution in [3.05, 3.63) is 10.4 Å². The van der Waals surface area contributed by atoms with Crippen molar-refractivity contribution in [1.82, 2.24) is 10.6 Å². The first kappa shape index (κ1) is 20.2. The van der Waals surface area contributed by atoms with Crippen molar-refractivity contribution in [2.24, 2.45) is 5.11 Å². The average molecular weight is 329 g/mol. The lowest BCUT2D eigenvalue weighted by atomic mass is 10.1. The SMILES string of the molecule is CC(NC(=O)CCCN=[N+]=[N-])C(=O)NC(CCC(=O)O)C(=O)O. The maximum atomic E-state index is 11.8. The number of hydrogen-bond acceptors (Lipinski definition) is 5. The Labute approximate surface area is 131 Å². The second-order valence-electron chi connectivity index (χ2n) is 4.68. The van der Waals surface area contributed by atoms with Crippen molar-refractivity contribution in [2.75, 3.05) is 6.54 Å². The van der Waals surface area contributed by atoms with Gasteiger partial charge in [-0.2, -0.15) is 0 Å². The second kappa shape index (κ2) is 10.9. The molecule has 0 aromatic carbocycles. The Morgan fingerprint density at radius 1 is 1.17 bits per heavy atom. The Morgan fingerprint density at radius 3 is 2.35 bits per heavy atom. The van der Waals surface area contributed by atoms with Crippen LogP contribution in [0.15, 0.2) is 5.11 Å². The number of carbonyl (C=O) groups excluding carboxylic acids is 2. The van der Waals surface area contributed by atoms with E-state index in [4.69, 9.17) is 15.7 Å². The largest absolute Gasteiger partial charge is 0.481 e. The molecular weight excluding hydrogens is 310 g/mol. The smallest absolute Gasteiger partial charge is 0.326 e. The summed E-state index contributed by atoms with van der Waals surface area (Å²) in [4.78, 5) is 47.3. The lowest BCUT2D eigenvalue weighted by Gasteiger charge is -2.18. The van der Waals surface area contributed by atoms with Gasteiger partial charge in [0.2, 0.25) is 11.8 Å². The van der Waals surface area contributed by atoms with E-state index < -0.39 is 42.3 Å². The molecule has 0 aliphatic rings. The van der Waals surface area contributed by atoms with Crippen LogP contribution in [-0.4, -0.2) is 52.6 Å². The van der Waals surface area contributed by atoms with Crippen molar-refractivity contribution in [1.29, 1.82) is 0 Å². The monoisotopic (exact) mass is 329 g/mol. The van der Waals surface area contributed by atoms with Gasteiger partial charge in [-0.05, 0) is 25.3 Å². The van der Waals surface area contributed by atoms with E-state index in [0.717, 1.165) is 0 Å². The summed E-state index contributed by atoms with van der Waals surface area (Å²) in [6.45, 7) is 1.53. The number of azide groups is 1. The molecule has 0 fully saturated rings. The van der Waals surface area contributed by atoms with Crippen LogP contribution < -0.4 is 10.6 Å². The van der Waals surface area contributed by atoms with Crippen LogP contribution >= 0.6 is 0 Å². The predicted octanol–water partition coefficient (Wildman–Crippen LogP) is 0.0158. The Balaban J connectivity index is 4.34. The molecular formula is C12H19N5O6. The summed E-state index contributed by atoms with van der Waals surface area (Å²) in [5.74, 6) is -3.70. The fourth-order valence-electron chi connectivity index (χ4n) is 1.56. The highest BCUT2D eigenvalue weighted by Gasteiger charge is 2.24. The second-order valence-corrected chi connectivity index (χ2v) is 4.68. The quantitative estimate of drug-likeness (QED) is 0.179. The molecule has 4 N–H and O–H groups in total. The van der Waals surface area contributed by atoms with Crippen molar-refractivity contribution >= 4 is 23.8 Å². The summed E-state index contributed by atoms with van der Waals surface area (Å²) >= 11 is 0. The van der Waals surface area contributed by atoms with Gasteiger partial charge in [-0.15, -0.1) is 0 Å². The van der Waals surface area contributed by atoms with Crippen molar-refractivity contribution < 1.29 is 29.4 Å². The zero-order chi connectivity index (χ0) is 17.8. The van der Waals surface area contributed by atoms with Gasteiger partial charge in [0.05, 0.1) is 0 Å². The maximum Gasteiger partial charge on any atom is 0.326 e. The van der Waals surface area contributed by atoms with Crippen LogP contribution in [0.4, 0.5) is 0 Å². The zero-order valence-corrected chi connectivity index (χ0v) is 12.6. The van der Waals surface area contributed by atoms with E-state index >= 15 is 0 Å². The summed E-state index contributed by atoms with van der Waals surface area (Å²) in [5, 5.41) is 25.3. The van der Waals surface area contributed by atoms with Crippen LogP contribution in [0.2, 0.25) is 0 Å². The molecule has 0 radical (unpaired) electrons. The van der Waals surface area contributed by atoms with E-state index in [1.54, 1.807) is 0 Å². The Kier molecular flexibility index (Phi) is 9.53. The normalized spacial score (nSPS) is 12.4. The molecule has 0 aromatic rings. The van der Waals surface area contributed by atoms with Crippen LogP contribution in [0.25, 0.3) is 10.4 Å². The van der Waals surface area contributed by atoms with Crippen LogP contribution in [0.5, 0.6) is 0 Å². The zero-order valence-electron chi connectivity index (χ0n) is 12.6. The minimum atomic E-state index is -1.35. The van der Waals surface area contributed by atoms with E-state index in [-0.39, 0.29) is 19.4 Å². The number of carboxylic acids is 2. The first-order chi connectivity index (χ1) is 10.8. The molecule has 0 saturated carbocycles. The van der Waals surface area contributed by atoms with Crippen molar-refractivity contribution in [2.45, 2.75) is 44.7 Å². The standard InChI is InChI=1S/C12H19N5O6/c1-7(15-9(18)3-2-6-14-17-13)11(21)16-8(12(22)23)4-5-10(19)20/h7-8H,2-6H2,1H3,(H,15,18)(H,16,21)(H,19,20)(H,22,23). The van der Waals surface area contributed by atoms with E-state index in [2.05, 4.69) is 20.7 Å². The molecule has 0 saturated heterocycles. The minimum absolute atomic E-state index is 0.0536. The first-order valence-electron chi connectivity index (χ1n) is 6.83. The molecule has 0 heterocycles. The molecule has 0 spiro atoms. The Hall–Kier alpha value is -2.81. The molecule has 0 aliphatic heterocycles. The number of nitrogens with zero attached hydrogens (tertiary/aromatic N) is 3. The molecule has 0 aromatic heterocycles. The summed E-state index contributed by atoms with van der Waals surface area (Å²) in [6.07, 6.45) is -0.292. The first-order valence-corrected chi connectivity index (χ1v) is 6.83. The van der Waals surface area contributed by atoms with E-state index in [1.807, 2.05) is 0 Å². The van der Waals surface area contributed by atoms with Crippen LogP contribution in [0.3, 0.4) is 0 Å². The van der Waals surface area contributed by atoms with Crippen LogP contribution in [0, 0.1) is 0 Å². The summed E-state index contributed by atoms with van der Waals surface area (Å²) in [6, 6.07) is -2.32. The van der Waals surface area contributed by atoms with Gasteiger partial charge in [0.25, 0.3) is 0 Å². The van der Waals surface area contributed by atoms with Gasteiger partial charge in [-0.3, -0.25) is 14.4 Å². The Morgan fingerprint density at radius 2 is 1.83 bits per heavy atom. The molecule has 0 bridgehead atoms. The van der Waals surface area contributed by atoms with Gasteiger partial charge < -0.3 is 20.8 Å². The van der Waals surface area contributed by atoms with Crippen LogP contribution in [0.1, 0.15) is 32.6 Å². The molecule has 2 atom stereocenters. The third-order valence-electron chi connectivity index (χ3n) is 2.76. The number of carbonyl (C=O) groups is 4. The number of amides is 2. The average Bonchev–Trinajstić information content (AvgIpc) is 2.47. The number of aliphatic carboxylic acids is 2. The fraction of sp³-hybridized carbons (Fsp3) is 0.667.